The Morgan fingerprint density at radius 2 is 1.62 bits per heavy atom. The molecule has 5 rings (SSSR count). The van der Waals surface area contributed by atoms with Gasteiger partial charge in [-0.05, 0) is 47.5 Å². The lowest BCUT2D eigenvalue weighted by Crippen LogP contribution is -2.25. The molecule has 4 heteroatoms. The summed E-state index contributed by atoms with van der Waals surface area (Å²) >= 11 is 0. The fourth-order valence-electron chi connectivity index (χ4n) is 3.78. The first kappa shape index (κ1) is 17.3. The molecule has 1 aromatic heterocycles. The summed E-state index contributed by atoms with van der Waals surface area (Å²) in [5.41, 5.74) is 6.34. The van der Waals surface area contributed by atoms with E-state index in [0.717, 1.165) is 46.1 Å². The monoisotopic (exact) mass is 379 g/mol. The number of fused-ring (bicyclic) bond motifs is 3. The van der Waals surface area contributed by atoms with Crippen LogP contribution in [0.3, 0.4) is 0 Å². The van der Waals surface area contributed by atoms with Crippen LogP contribution in [0.15, 0.2) is 85.4 Å². The van der Waals surface area contributed by atoms with Crippen molar-refractivity contribution in [1.29, 1.82) is 0 Å². The molecule has 142 valence electrons. The van der Waals surface area contributed by atoms with E-state index in [1.807, 2.05) is 36.4 Å². The number of methoxy groups -OCH3 is 1. The summed E-state index contributed by atoms with van der Waals surface area (Å²) in [6.45, 7) is 5.14. The van der Waals surface area contributed by atoms with Gasteiger partial charge >= 0.3 is 0 Å². The van der Waals surface area contributed by atoms with Crippen molar-refractivity contribution in [3.63, 3.8) is 0 Å². The maximum absolute atomic E-state index is 5.34. The lowest BCUT2D eigenvalue weighted by molar-refractivity contribution is 0.414. The molecule has 1 aliphatic rings. The fraction of sp³-hybridized carbons (Fsp3) is 0.0800. The van der Waals surface area contributed by atoms with Gasteiger partial charge < -0.3 is 9.64 Å². The number of para-hydroxylation sites is 2. The Balaban J connectivity index is 1.67. The van der Waals surface area contributed by atoms with Gasteiger partial charge in [-0.2, -0.15) is 0 Å². The highest BCUT2D eigenvalue weighted by Gasteiger charge is 2.26. The van der Waals surface area contributed by atoms with Crippen LogP contribution >= 0.6 is 0 Å². The second kappa shape index (κ2) is 6.99. The average Bonchev–Trinajstić information content (AvgIpc) is 3.15. The normalized spacial score (nSPS) is 13.3. The van der Waals surface area contributed by atoms with Gasteiger partial charge in [0.15, 0.2) is 5.82 Å². The molecule has 0 fully saturated rings. The van der Waals surface area contributed by atoms with Gasteiger partial charge in [0.05, 0.1) is 29.5 Å². The number of hydrogen-bond donors (Lipinski definition) is 0. The number of imidazole rings is 1. The van der Waals surface area contributed by atoms with Crippen LogP contribution in [0.2, 0.25) is 0 Å². The van der Waals surface area contributed by atoms with Crippen molar-refractivity contribution in [3.05, 3.63) is 102 Å². The number of rotatable bonds is 4. The molecule has 0 bridgehead atoms. The maximum atomic E-state index is 5.34. The number of nitrogens with zero attached hydrogens (tertiary/aromatic N) is 3. The second-order valence-electron chi connectivity index (χ2n) is 7.06. The Kier molecular flexibility index (Phi) is 4.17. The van der Waals surface area contributed by atoms with Gasteiger partial charge in [-0.15, -0.1) is 0 Å². The predicted molar refractivity (Wildman–Crippen MR) is 118 cm³/mol. The molecule has 0 saturated heterocycles. The third kappa shape index (κ3) is 2.99. The third-order valence-electron chi connectivity index (χ3n) is 5.29. The summed E-state index contributed by atoms with van der Waals surface area (Å²) in [7, 11) is 1.68. The summed E-state index contributed by atoms with van der Waals surface area (Å²) in [4.78, 5) is 7.07. The molecule has 0 N–H and O–H groups in total. The van der Waals surface area contributed by atoms with Gasteiger partial charge in [-0.3, -0.25) is 4.57 Å². The van der Waals surface area contributed by atoms with Crippen molar-refractivity contribution in [2.75, 3.05) is 7.11 Å². The van der Waals surface area contributed by atoms with E-state index < -0.39 is 0 Å². The lowest BCUT2D eigenvalue weighted by Gasteiger charge is -2.33. The van der Waals surface area contributed by atoms with E-state index in [1.54, 1.807) is 7.11 Å². The summed E-state index contributed by atoms with van der Waals surface area (Å²) in [6, 6.07) is 26.8. The lowest BCUT2D eigenvalue weighted by atomic mass is 10.1. The van der Waals surface area contributed by atoms with E-state index in [2.05, 4.69) is 64.7 Å². The van der Waals surface area contributed by atoms with Crippen molar-refractivity contribution >= 4 is 28.6 Å². The first-order valence-electron chi connectivity index (χ1n) is 9.58. The molecule has 0 radical (unpaired) electrons. The van der Waals surface area contributed by atoms with Gasteiger partial charge in [-0.25, -0.2) is 4.98 Å². The molecule has 0 spiro atoms. The highest BCUT2D eigenvalue weighted by atomic mass is 16.5. The van der Waals surface area contributed by atoms with E-state index in [9.17, 15) is 0 Å². The number of aromatic nitrogens is 2. The first-order valence-corrected chi connectivity index (χ1v) is 9.58. The molecular formula is C25H21N3O. The zero-order chi connectivity index (χ0) is 19.8. The van der Waals surface area contributed by atoms with E-state index in [0.29, 0.717) is 0 Å². The van der Waals surface area contributed by atoms with Gasteiger partial charge in [-0.1, -0.05) is 49.0 Å². The van der Waals surface area contributed by atoms with E-state index in [1.165, 1.54) is 5.56 Å². The minimum Gasteiger partial charge on any atom is -0.497 e. The van der Waals surface area contributed by atoms with Crippen LogP contribution in [-0.2, 0) is 6.54 Å². The van der Waals surface area contributed by atoms with E-state index >= 15 is 0 Å². The Labute approximate surface area is 170 Å². The molecule has 0 unspecified atom stereocenters. The zero-order valence-corrected chi connectivity index (χ0v) is 16.2. The van der Waals surface area contributed by atoms with Crippen molar-refractivity contribution in [2.24, 2.45) is 0 Å². The second-order valence-corrected chi connectivity index (χ2v) is 7.06. The Bertz CT molecular complexity index is 1220. The average molecular weight is 379 g/mol. The van der Waals surface area contributed by atoms with Crippen LogP contribution in [-0.4, -0.2) is 21.6 Å². The largest absolute Gasteiger partial charge is 0.497 e. The molecule has 4 aromatic rings. The van der Waals surface area contributed by atoms with Gasteiger partial charge in [0.25, 0.3) is 0 Å². The van der Waals surface area contributed by atoms with Crippen LogP contribution in [0.25, 0.3) is 28.6 Å². The summed E-state index contributed by atoms with van der Waals surface area (Å²) in [5.74, 6) is 1.71. The van der Waals surface area contributed by atoms with Crippen molar-refractivity contribution in [3.8, 4) is 5.75 Å². The quantitative estimate of drug-likeness (QED) is 0.470. The molecule has 1 aliphatic heterocycles. The van der Waals surface area contributed by atoms with Crippen LogP contribution in [0.1, 0.15) is 17.0 Å². The van der Waals surface area contributed by atoms with Gasteiger partial charge in [0, 0.05) is 12.7 Å². The highest BCUT2D eigenvalue weighted by molar-refractivity contribution is 5.91. The molecule has 0 amide bonds. The minimum absolute atomic E-state index is 0.723. The number of ether oxygens (including phenoxy) is 1. The number of benzene rings is 3. The Morgan fingerprint density at radius 1 is 0.897 bits per heavy atom. The molecule has 4 nitrogen and oxygen atoms in total. The van der Waals surface area contributed by atoms with E-state index in [-0.39, 0.29) is 0 Å². The predicted octanol–water partition coefficient (Wildman–Crippen LogP) is 5.49. The van der Waals surface area contributed by atoms with Crippen molar-refractivity contribution in [2.45, 2.75) is 6.54 Å². The molecule has 2 heterocycles. The van der Waals surface area contributed by atoms with Crippen LogP contribution in [0.5, 0.6) is 5.75 Å². The van der Waals surface area contributed by atoms with Gasteiger partial charge in [0.1, 0.15) is 5.75 Å². The van der Waals surface area contributed by atoms with Crippen LogP contribution in [0, 0.1) is 0 Å². The highest BCUT2D eigenvalue weighted by Crippen LogP contribution is 2.37. The molecule has 0 aliphatic carbocycles. The van der Waals surface area contributed by atoms with Crippen LogP contribution < -0.4 is 4.74 Å². The molecule has 0 saturated carbocycles. The summed E-state index contributed by atoms with van der Waals surface area (Å²) in [6.07, 6.45) is 2.16. The molecular weight excluding hydrogens is 358 g/mol. The van der Waals surface area contributed by atoms with Crippen molar-refractivity contribution < 1.29 is 4.74 Å². The van der Waals surface area contributed by atoms with Crippen LogP contribution in [0.4, 0.5) is 0 Å². The van der Waals surface area contributed by atoms with E-state index in [4.69, 9.17) is 9.72 Å². The Morgan fingerprint density at radius 3 is 2.38 bits per heavy atom. The first-order chi connectivity index (χ1) is 14.2. The summed E-state index contributed by atoms with van der Waals surface area (Å²) in [5, 5.41) is 0. The number of hydrogen-bond acceptors (Lipinski definition) is 3. The van der Waals surface area contributed by atoms with Crippen molar-refractivity contribution in [1.82, 2.24) is 14.5 Å². The fourth-order valence-corrected chi connectivity index (χ4v) is 3.78. The maximum Gasteiger partial charge on any atom is 0.161 e. The van der Waals surface area contributed by atoms with Gasteiger partial charge in [0.2, 0.25) is 0 Å². The smallest absolute Gasteiger partial charge is 0.161 e. The minimum atomic E-state index is 0.723. The molecule has 0 atom stereocenters. The summed E-state index contributed by atoms with van der Waals surface area (Å²) < 4.78 is 7.47. The third-order valence-corrected chi connectivity index (χ3v) is 5.29. The Hall–Kier alpha value is -3.79. The standard InChI is InChI=1S/C25H21N3O/c1-18-25-26-22-10-6-7-11-23(22)28(25)17-24(20-12-14-21(29-2)15-13-20)27(18)16-19-8-4-3-5-9-19/h3-15,17H,1,16H2,2H3. The SMILES string of the molecule is C=C1c2nc3ccccc3n2C=C(c2ccc(OC)cc2)N1Cc1ccccc1. The zero-order valence-electron chi connectivity index (χ0n) is 16.2. The molecule has 3 aromatic carbocycles. The topological polar surface area (TPSA) is 30.3 Å². The molecule has 29 heavy (non-hydrogen) atoms.